The molecule has 1 rings (SSSR count). The van der Waals surface area contributed by atoms with E-state index in [2.05, 4.69) is 40.1 Å². The van der Waals surface area contributed by atoms with Gasteiger partial charge in [-0.15, -0.1) is 35.3 Å². The molecule has 0 aliphatic carbocycles. The highest BCUT2D eigenvalue weighted by molar-refractivity contribution is 14.0. The van der Waals surface area contributed by atoms with E-state index in [0.29, 0.717) is 0 Å². The molecule has 0 aliphatic heterocycles. The van der Waals surface area contributed by atoms with Crippen LogP contribution in [-0.2, 0) is 6.54 Å². The topological polar surface area (TPSA) is 36.4 Å². The van der Waals surface area contributed by atoms with E-state index in [1.807, 2.05) is 0 Å². The van der Waals surface area contributed by atoms with Gasteiger partial charge in [0.15, 0.2) is 5.96 Å². The number of aliphatic imine (C=N–C) groups is 1. The lowest BCUT2D eigenvalue weighted by molar-refractivity contribution is 0.785. The van der Waals surface area contributed by atoms with Crippen molar-refractivity contribution in [2.45, 2.75) is 19.9 Å². The first-order valence-corrected chi connectivity index (χ1v) is 5.71. The van der Waals surface area contributed by atoms with E-state index in [-0.39, 0.29) is 24.0 Å². The van der Waals surface area contributed by atoms with Crippen LogP contribution >= 0.6 is 35.3 Å². The zero-order valence-electron chi connectivity index (χ0n) is 9.12. The van der Waals surface area contributed by atoms with Crippen molar-refractivity contribution in [2.24, 2.45) is 4.99 Å². The number of thiophene rings is 1. The number of nitrogens with zero attached hydrogens (tertiary/aromatic N) is 1. The summed E-state index contributed by atoms with van der Waals surface area (Å²) in [6, 6.07) is 4.18. The Bertz CT molecular complexity index is 272. The van der Waals surface area contributed by atoms with Gasteiger partial charge in [0.2, 0.25) is 0 Å². The number of halogens is 1. The van der Waals surface area contributed by atoms with Crippen LogP contribution in [0, 0.1) is 0 Å². The lowest BCUT2D eigenvalue weighted by Gasteiger charge is -2.09. The second kappa shape index (κ2) is 8.96. The molecule has 0 saturated heterocycles. The highest BCUT2D eigenvalue weighted by Gasteiger charge is 1.96. The molecule has 0 bridgehead atoms. The Morgan fingerprint density at radius 3 is 2.80 bits per heavy atom. The van der Waals surface area contributed by atoms with Gasteiger partial charge in [-0.25, -0.2) is 0 Å². The van der Waals surface area contributed by atoms with Crippen LogP contribution in [0.5, 0.6) is 0 Å². The molecule has 0 radical (unpaired) electrons. The van der Waals surface area contributed by atoms with Crippen LogP contribution in [0.3, 0.4) is 0 Å². The van der Waals surface area contributed by atoms with Gasteiger partial charge < -0.3 is 10.6 Å². The van der Waals surface area contributed by atoms with Gasteiger partial charge >= 0.3 is 0 Å². The highest BCUT2D eigenvalue weighted by atomic mass is 127. The van der Waals surface area contributed by atoms with Crippen molar-refractivity contribution >= 4 is 41.3 Å². The molecule has 1 aromatic heterocycles. The minimum Gasteiger partial charge on any atom is -0.356 e. The van der Waals surface area contributed by atoms with Gasteiger partial charge in [-0.3, -0.25) is 4.99 Å². The summed E-state index contributed by atoms with van der Waals surface area (Å²) >= 11 is 1.75. The van der Waals surface area contributed by atoms with Crippen molar-refractivity contribution < 1.29 is 0 Å². The molecule has 0 atom stereocenters. The van der Waals surface area contributed by atoms with Crippen molar-refractivity contribution in [1.29, 1.82) is 0 Å². The number of guanidine groups is 1. The van der Waals surface area contributed by atoms with Crippen LogP contribution in [0.4, 0.5) is 0 Å². The second-order valence-corrected chi connectivity index (χ2v) is 3.96. The SMILES string of the molecule is CCCNC(=NC)NCc1cccs1.I. The molecule has 1 heterocycles. The first-order chi connectivity index (χ1) is 6.86. The summed E-state index contributed by atoms with van der Waals surface area (Å²) in [6.45, 7) is 3.95. The zero-order valence-corrected chi connectivity index (χ0v) is 12.3. The summed E-state index contributed by atoms with van der Waals surface area (Å²) in [5.41, 5.74) is 0. The van der Waals surface area contributed by atoms with E-state index in [9.17, 15) is 0 Å². The summed E-state index contributed by atoms with van der Waals surface area (Å²) in [5, 5.41) is 8.56. The minimum absolute atomic E-state index is 0. The van der Waals surface area contributed by atoms with Crippen molar-refractivity contribution in [3.63, 3.8) is 0 Å². The molecular weight excluding hydrogens is 321 g/mol. The first-order valence-electron chi connectivity index (χ1n) is 4.83. The van der Waals surface area contributed by atoms with Crippen molar-refractivity contribution in [2.75, 3.05) is 13.6 Å². The third-order valence-electron chi connectivity index (χ3n) is 1.78. The van der Waals surface area contributed by atoms with Gasteiger partial charge in [-0.1, -0.05) is 13.0 Å². The van der Waals surface area contributed by atoms with Gasteiger partial charge in [0.1, 0.15) is 0 Å². The minimum atomic E-state index is 0. The lowest BCUT2D eigenvalue weighted by atomic mass is 10.4. The van der Waals surface area contributed by atoms with Crippen molar-refractivity contribution in [3.05, 3.63) is 22.4 Å². The molecule has 0 unspecified atom stereocenters. The van der Waals surface area contributed by atoms with Crippen LogP contribution < -0.4 is 10.6 Å². The molecule has 0 aliphatic rings. The maximum atomic E-state index is 4.12. The average Bonchev–Trinajstić information content (AvgIpc) is 2.71. The van der Waals surface area contributed by atoms with E-state index in [1.165, 1.54) is 4.88 Å². The summed E-state index contributed by atoms with van der Waals surface area (Å²) in [4.78, 5) is 5.45. The van der Waals surface area contributed by atoms with E-state index >= 15 is 0 Å². The largest absolute Gasteiger partial charge is 0.356 e. The fourth-order valence-electron chi connectivity index (χ4n) is 1.05. The number of rotatable bonds is 4. The Morgan fingerprint density at radius 2 is 2.27 bits per heavy atom. The first kappa shape index (κ1) is 14.7. The van der Waals surface area contributed by atoms with Crippen molar-refractivity contribution in [3.8, 4) is 0 Å². The third-order valence-corrected chi connectivity index (χ3v) is 2.65. The molecule has 0 fully saturated rings. The predicted molar refractivity (Wildman–Crippen MR) is 78.2 cm³/mol. The fraction of sp³-hybridized carbons (Fsp3) is 0.500. The standard InChI is InChI=1S/C10H17N3S.HI/c1-3-6-12-10(11-2)13-8-9-5-4-7-14-9;/h4-5,7H,3,6,8H2,1-2H3,(H2,11,12,13);1H. The smallest absolute Gasteiger partial charge is 0.191 e. The monoisotopic (exact) mass is 339 g/mol. The van der Waals surface area contributed by atoms with Crippen molar-refractivity contribution in [1.82, 2.24) is 10.6 Å². The highest BCUT2D eigenvalue weighted by Crippen LogP contribution is 2.06. The number of hydrogen-bond donors (Lipinski definition) is 2. The Morgan fingerprint density at radius 1 is 1.47 bits per heavy atom. The molecule has 0 aromatic carbocycles. The Kier molecular flexibility index (Phi) is 8.79. The molecule has 2 N–H and O–H groups in total. The quantitative estimate of drug-likeness (QED) is 0.502. The molecule has 3 nitrogen and oxygen atoms in total. The summed E-state index contributed by atoms with van der Waals surface area (Å²) < 4.78 is 0. The Hall–Kier alpha value is -0.300. The van der Waals surface area contributed by atoms with Gasteiger partial charge in [0.25, 0.3) is 0 Å². The Labute approximate surface area is 112 Å². The summed E-state index contributed by atoms with van der Waals surface area (Å²) in [5.74, 6) is 0.875. The van der Waals surface area contributed by atoms with Gasteiger partial charge in [0.05, 0.1) is 6.54 Å². The third kappa shape index (κ3) is 5.99. The molecule has 0 spiro atoms. The van der Waals surface area contributed by atoms with Crippen LogP contribution in [0.25, 0.3) is 0 Å². The van der Waals surface area contributed by atoms with E-state index < -0.39 is 0 Å². The van der Waals surface area contributed by atoms with Crippen LogP contribution in [-0.4, -0.2) is 19.6 Å². The van der Waals surface area contributed by atoms with E-state index in [4.69, 9.17) is 0 Å². The number of hydrogen-bond acceptors (Lipinski definition) is 2. The second-order valence-electron chi connectivity index (χ2n) is 2.93. The maximum absolute atomic E-state index is 4.12. The molecule has 5 heteroatoms. The number of nitrogens with one attached hydrogen (secondary N) is 2. The van der Waals surface area contributed by atoms with Gasteiger partial charge in [-0.05, 0) is 17.9 Å². The van der Waals surface area contributed by atoms with Gasteiger partial charge in [0, 0.05) is 18.5 Å². The molecule has 86 valence electrons. The van der Waals surface area contributed by atoms with Crippen LogP contribution in [0.2, 0.25) is 0 Å². The summed E-state index contributed by atoms with van der Waals surface area (Å²) in [6.07, 6.45) is 1.11. The maximum Gasteiger partial charge on any atom is 0.191 e. The lowest BCUT2D eigenvalue weighted by Crippen LogP contribution is -2.36. The molecule has 1 aromatic rings. The van der Waals surface area contributed by atoms with Gasteiger partial charge in [-0.2, -0.15) is 0 Å². The van der Waals surface area contributed by atoms with E-state index in [1.54, 1.807) is 18.4 Å². The average molecular weight is 339 g/mol. The molecule has 15 heavy (non-hydrogen) atoms. The molecule has 0 saturated carbocycles. The molecule has 0 amide bonds. The van der Waals surface area contributed by atoms with Crippen LogP contribution in [0.1, 0.15) is 18.2 Å². The van der Waals surface area contributed by atoms with E-state index in [0.717, 1.165) is 25.5 Å². The summed E-state index contributed by atoms with van der Waals surface area (Å²) in [7, 11) is 1.79. The predicted octanol–water partition coefficient (Wildman–Crippen LogP) is 2.44. The Balaban J connectivity index is 0.00000196. The fourth-order valence-corrected chi connectivity index (χ4v) is 1.69. The molecular formula is C10H18IN3S. The van der Waals surface area contributed by atoms with Crippen LogP contribution in [0.15, 0.2) is 22.5 Å². The normalized spacial score (nSPS) is 10.7. The zero-order chi connectivity index (χ0) is 10.2.